The minimum absolute atomic E-state index is 0.221. The van der Waals surface area contributed by atoms with Crippen LogP contribution in [0.3, 0.4) is 0 Å². The molecule has 1 aromatic carbocycles. The van der Waals surface area contributed by atoms with Gasteiger partial charge < -0.3 is 9.64 Å². The lowest BCUT2D eigenvalue weighted by Crippen LogP contribution is -2.23. The largest absolute Gasteiger partial charge is 0.494 e. The van der Waals surface area contributed by atoms with Crippen molar-refractivity contribution in [3.63, 3.8) is 0 Å². The van der Waals surface area contributed by atoms with Crippen LogP contribution in [0.15, 0.2) is 24.3 Å². The Hall–Kier alpha value is -1.51. The second-order valence-corrected chi connectivity index (χ2v) is 3.58. The SMILES string of the molecule is CCOc1ccc(N2CCCC2=O)cc1. The predicted molar refractivity (Wildman–Crippen MR) is 59.2 cm³/mol. The van der Waals surface area contributed by atoms with Crippen molar-refractivity contribution in [1.82, 2.24) is 0 Å². The Kier molecular flexibility index (Phi) is 2.90. The van der Waals surface area contributed by atoms with Gasteiger partial charge in [-0.25, -0.2) is 0 Å². The lowest BCUT2D eigenvalue weighted by molar-refractivity contribution is -0.117. The first-order valence-corrected chi connectivity index (χ1v) is 5.34. The van der Waals surface area contributed by atoms with Gasteiger partial charge in [-0.1, -0.05) is 0 Å². The Labute approximate surface area is 89.7 Å². The van der Waals surface area contributed by atoms with Crippen molar-refractivity contribution in [2.24, 2.45) is 0 Å². The average Bonchev–Trinajstić information content (AvgIpc) is 2.66. The van der Waals surface area contributed by atoms with Gasteiger partial charge in [-0.05, 0) is 37.6 Å². The van der Waals surface area contributed by atoms with Crippen molar-refractivity contribution >= 4 is 11.6 Å². The molecule has 1 heterocycles. The quantitative estimate of drug-likeness (QED) is 0.757. The number of hydrogen-bond donors (Lipinski definition) is 0. The Morgan fingerprint density at radius 1 is 1.33 bits per heavy atom. The first-order chi connectivity index (χ1) is 7.31. The zero-order chi connectivity index (χ0) is 10.7. The number of carbonyl (C=O) groups excluding carboxylic acids is 1. The summed E-state index contributed by atoms with van der Waals surface area (Å²) in [5.41, 5.74) is 0.973. The third kappa shape index (κ3) is 2.12. The summed E-state index contributed by atoms with van der Waals surface area (Å²) in [4.78, 5) is 13.3. The van der Waals surface area contributed by atoms with Crippen LogP contribution in [0.4, 0.5) is 5.69 Å². The van der Waals surface area contributed by atoms with Crippen LogP contribution in [-0.2, 0) is 4.79 Å². The third-order valence-corrected chi connectivity index (χ3v) is 2.53. The van der Waals surface area contributed by atoms with Gasteiger partial charge in [0.2, 0.25) is 5.91 Å². The predicted octanol–water partition coefficient (Wildman–Crippen LogP) is 2.21. The van der Waals surface area contributed by atoms with Gasteiger partial charge in [0.25, 0.3) is 0 Å². The van der Waals surface area contributed by atoms with Gasteiger partial charge in [0.15, 0.2) is 0 Å². The molecule has 1 fully saturated rings. The van der Waals surface area contributed by atoms with E-state index in [-0.39, 0.29) is 5.91 Å². The van der Waals surface area contributed by atoms with E-state index in [4.69, 9.17) is 4.74 Å². The van der Waals surface area contributed by atoms with Crippen LogP contribution >= 0.6 is 0 Å². The van der Waals surface area contributed by atoms with Crippen LogP contribution in [0.1, 0.15) is 19.8 Å². The number of nitrogens with zero attached hydrogens (tertiary/aromatic N) is 1. The number of carbonyl (C=O) groups is 1. The summed E-state index contributed by atoms with van der Waals surface area (Å²) in [6.45, 7) is 3.46. The van der Waals surface area contributed by atoms with E-state index in [1.54, 1.807) is 0 Å². The van der Waals surface area contributed by atoms with Crippen molar-refractivity contribution < 1.29 is 9.53 Å². The lowest BCUT2D eigenvalue weighted by atomic mass is 10.3. The molecule has 0 bridgehead atoms. The maximum absolute atomic E-state index is 11.5. The van der Waals surface area contributed by atoms with Crippen molar-refractivity contribution in [3.05, 3.63) is 24.3 Å². The van der Waals surface area contributed by atoms with Crippen LogP contribution in [-0.4, -0.2) is 19.1 Å². The molecule has 0 spiro atoms. The summed E-state index contributed by atoms with van der Waals surface area (Å²) in [5, 5.41) is 0. The van der Waals surface area contributed by atoms with E-state index in [9.17, 15) is 4.79 Å². The summed E-state index contributed by atoms with van der Waals surface area (Å²) in [7, 11) is 0. The molecule has 80 valence electrons. The van der Waals surface area contributed by atoms with Gasteiger partial charge in [-0.15, -0.1) is 0 Å². The van der Waals surface area contributed by atoms with Crippen LogP contribution in [0.2, 0.25) is 0 Å². The fraction of sp³-hybridized carbons (Fsp3) is 0.417. The lowest BCUT2D eigenvalue weighted by Gasteiger charge is -2.15. The van der Waals surface area contributed by atoms with E-state index in [0.29, 0.717) is 13.0 Å². The van der Waals surface area contributed by atoms with Gasteiger partial charge >= 0.3 is 0 Å². The molecule has 0 saturated carbocycles. The van der Waals surface area contributed by atoms with Crippen molar-refractivity contribution in [2.75, 3.05) is 18.1 Å². The Bertz CT molecular complexity index is 345. The average molecular weight is 205 g/mol. The van der Waals surface area contributed by atoms with Crippen molar-refractivity contribution in [1.29, 1.82) is 0 Å². The standard InChI is InChI=1S/C12H15NO2/c1-2-15-11-7-5-10(6-8-11)13-9-3-4-12(13)14/h5-8H,2-4,9H2,1H3. The Morgan fingerprint density at radius 2 is 2.07 bits per heavy atom. The Morgan fingerprint density at radius 3 is 2.60 bits per heavy atom. The zero-order valence-corrected chi connectivity index (χ0v) is 8.90. The number of rotatable bonds is 3. The molecule has 1 saturated heterocycles. The topological polar surface area (TPSA) is 29.5 Å². The molecule has 0 atom stereocenters. The van der Waals surface area contributed by atoms with Gasteiger partial charge in [0.1, 0.15) is 5.75 Å². The number of benzene rings is 1. The fourth-order valence-corrected chi connectivity index (χ4v) is 1.81. The number of amides is 1. The molecule has 3 heteroatoms. The van der Waals surface area contributed by atoms with Crippen LogP contribution in [0, 0.1) is 0 Å². The summed E-state index contributed by atoms with van der Waals surface area (Å²) < 4.78 is 5.35. The molecule has 1 aliphatic rings. The minimum Gasteiger partial charge on any atom is -0.494 e. The smallest absolute Gasteiger partial charge is 0.227 e. The van der Waals surface area contributed by atoms with Crippen molar-refractivity contribution in [2.45, 2.75) is 19.8 Å². The molecule has 0 N–H and O–H groups in total. The van der Waals surface area contributed by atoms with E-state index >= 15 is 0 Å². The number of ether oxygens (including phenoxy) is 1. The number of hydrogen-bond acceptors (Lipinski definition) is 2. The molecular weight excluding hydrogens is 190 g/mol. The second-order valence-electron chi connectivity index (χ2n) is 3.58. The molecule has 15 heavy (non-hydrogen) atoms. The normalized spacial score (nSPS) is 15.8. The minimum atomic E-state index is 0.221. The molecule has 1 amide bonds. The molecule has 1 aliphatic heterocycles. The highest BCUT2D eigenvalue weighted by Gasteiger charge is 2.21. The molecule has 0 unspecified atom stereocenters. The highest BCUT2D eigenvalue weighted by Crippen LogP contribution is 2.23. The summed E-state index contributed by atoms with van der Waals surface area (Å²) in [6, 6.07) is 7.69. The van der Waals surface area contributed by atoms with E-state index in [1.165, 1.54) is 0 Å². The fourth-order valence-electron chi connectivity index (χ4n) is 1.81. The van der Waals surface area contributed by atoms with Crippen LogP contribution < -0.4 is 9.64 Å². The van der Waals surface area contributed by atoms with Crippen LogP contribution in [0.25, 0.3) is 0 Å². The van der Waals surface area contributed by atoms with Gasteiger partial charge in [0.05, 0.1) is 6.61 Å². The van der Waals surface area contributed by atoms with E-state index < -0.39 is 0 Å². The van der Waals surface area contributed by atoms with Gasteiger partial charge in [0, 0.05) is 18.7 Å². The summed E-state index contributed by atoms with van der Waals surface area (Å²) >= 11 is 0. The number of anilines is 1. The van der Waals surface area contributed by atoms with E-state index in [0.717, 1.165) is 24.4 Å². The monoisotopic (exact) mass is 205 g/mol. The molecule has 0 aliphatic carbocycles. The molecular formula is C12H15NO2. The molecule has 0 radical (unpaired) electrons. The first kappa shape index (κ1) is 10.0. The molecule has 3 nitrogen and oxygen atoms in total. The third-order valence-electron chi connectivity index (χ3n) is 2.53. The highest BCUT2D eigenvalue weighted by atomic mass is 16.5. The molecule has 2 rings (SSSR count). The Balaban J connectivity index is 2.12. The van der Waals surface area contributed by atoms with Crippen LogP contribution in [0.5, 0.6) is 5.75 Å². The maximum atomic E-state index is 11.5. The summed E-state index contributed by atoms with van der Waals surface area (Å²) in [5.74, 6) is 1.08. The second kappa shape index (κ2) is 4.34. The van der Waals surface area contributed by atoms with E-state index in [2.05, 4.69) is 0 Å². The van der Waals surface area contributed by atoms with E-state index in [1.807, 2.05) is 36.1 Å². The van der Waals surface area contributed by atoms with Gasteiger partial charge in [-0.2, -0.15) is 0 Å². The molecule has 0 aromatic heterocycles. The summed E-state index contributed by atoms with van der Waals surface area (Å²) in [6.07, 6.45) is 1.64. The van der Waals surface area contributed by atoms with Crippen molar-refractivity contribution in [3.8, 4) is 5.75 Å². The molecule has 1 aromatic rings. The zero-order valence-electron chi connectivity index (χ0n) is 8.90. The maximum Gasteiger partial charge on any atom is 0.227 e. The first-order valence-electron chi connectivity index (χ1n) is 5.34. The van der Waals surface area contributed by atoms with Gasteiger partial charge in [-0.3, -0.25) is 4.79 Å². The highest BCUT2D eigenvalue weighted by molar-refractivity contribution is 5.95.